The quantitative estimate of drug-likeness (QED) is 0.705. The van der Waals surface area contributed by atoms with Crippen molar-refractivity contribution in [2.24, 2.45) is 0 Å². The molecule has 0 saturated heterocycles. The lowest BCUT2D eigenvalue weighted by atomic mass is 10.0. The third-order valence-electron chi connectivity index (χ3n) is 3.89. The van der Waals surface area contributed by atoms with Crippen LogP contribution in [0.5, 0.6) is 5.75 Å². The van der Waals surface area contributed by atoms with Gasteiger partial charge in [0.1, 0.15) is 5.75 Å². The molecule has 0 unspecified atom stereocenters. The molecule has 2 N–H and O–H groups in total. The molecule has 0 heterocycles. The largest absolute Gasteiger partial charge is 0.483 e. The number of carbonyl (C=O) groups excluding carboxylic acids is 2. The molecule has 0 aliphatic rings. The fourth-order valence-electron chi connectivity index (χ4n) is 2.29. The number of rotatable bonds is 7. The minimum absolute atomic E-state index is 0.173. The van der Waals surface area contributed by atoms with Crippen LogP contribution >= 0.6 is 23.2 Å². The molecule has 7 heteroatoms. The second kappa shape index (κ2) is 9.62. The van der Waals surface area contributed by atoms with Gasteiger partial charge in [0.05, 0.1) is 17.3 Å². The third-order valence-corrected chi connectivity index (χ3v) is 4.45. The van der Waals surface area contributed by atoms with E-state index in [0.717, 1.165) is 11.1 Å². The van der Waals surface area contributed by atoms with Gasteiger partial charge >= 0.3 is 0 Å². The molecule has 2 rings (SSSR count). The van der Waals surface area contributed by atoms with Gasteiger partial charge in [-0.05, 0) is 48.2 Å². The molecule has 0 bridgehead atoms. The molecule has 2 aromatic carbocycles. The number of carbonyl (C=O) groups is 2. The Labute approximate surface area is 169 Å². The van der Waals surface area contributed by atoms with E-state index < -0.39 is 11.8 Å². The van der Waals surface area contributed by atoms with Gasteiger partial charge in [-0.2, -0.15) is 0 Å². The summed E-state index contributed by atoms with van der Waals surface area (Å²) in [6, 6.07) is 10.7. The molecule has 0 spiro atoms. The van der Waals surface area contributed by atoms with E-state index in [1.54, 1.807) is 12.1 Å². The van der Waals surface area contributed by atoms with E-state index in [2.05, 4.69) is 24.5 Å². The Morgan fingerprint density at radius 3 is 2.52 bits per heavy atom. The Morgan fingerprint density at radius 1 is 1.07 bits per heavy atom. The summed E-state index contributed by atoms with van der Waals surface area (Å²) in [5, 5.41) is 5.92. The molecule has 2 amide bonds. The molecule has 0 saturated carbocycles. The van der Waals surface area contributed by atoms with Crippen LogP contribution in [0.2, 0.25) is 10.0 Å². The van der Waals surface area contributed by atoms with Crippen molar-refractivity contribution in [3.63, 3.8) is 0 Å². The normalized spacial score (nSPS) is 10.6. The molecule has 0 aromatic heterocycles. The molecular weight excluding hydrogens is 387 g/mol. The summed E-state index contributed by atoms with van der Waals surface area (Å²) in [5.74, 6) is 0.220. The van der Waals surface area contributed by atoms with Gasteiger partial charge in [0.2, 0.25) is 5.91 Å². The van der Waals surface area contributed by atoms with Crippen LogP contribution in [0.1, 0.15) is 30.9 Å². The summed E-state index contributed by atoms with van der Waals surface area (Å²) in [6.07, 6.45) is 0. The maximum Gasteiger partial charge on any atom is 0.258 e. The molecule has 27 heavy (non-hydrogen) atoms. The van der Waals surface area contributed by atoms with Crippen LogP contribution in [0, 0.1) is 6.92 Å². The second-order valence-corrected chi connectivity index (χ2v) is 7.26. The Hall–Kier alpha value is -2.24. The van der Waals surface area contributed by atoms with Crippen molar-refractivity contribution in [3.05, 3.63) is 57.6 Å². The van der Waals surface area contributed by atoms with Gasteiger partial charge in [0.25, 0.3) is 5.91 Å². The van der Waals surface area contributed by atoms with Gasteiger partial charge in [-0.1, -0.05) is 49.2 Å². The topological polar surface area (TPSA) is 67.4 Å². The van der Waals surface area contributed by atoms with Crippen LogP contribution in [0.25, 0.3) is 0 Å². The highest BCUT2D eigenvalue weighted by Gasteiger charge is 2.11. The summed E-state index contributed by atoms with van der Waals surface area (Å²) in [7, 11) is 0. The minimum Gasteiger partial charge on any atom is -0.483 e. The van der Waals surface area contributed by atoms with Gasteiger partial charge in [-0.25, -0.2) is 0 Å². The van der Waals surface area contributed by atoms with E-state index in [-0.39, 0.29) is 13.2 Å². The van der Waals surface area contributed by atoms with Crippen molar-refractivity contribution in [2.75, 3.05) is 18.5 Å². The first-order chi connectivity index (χ1) is 12.8. The smallest absolute Gasteiger partial charge is 0.258 e. The van der Waals surface area contributed by atoms with E-state index in [4.69, 9.17) is 27.9 Å². The fraction of sp³-hybridized carbons (Fsp3) is 0.300. The average molecular weight is 409 g/mol. The van der Waals surface area contributed by atoms with Crippen molar-refractivity contribution in [3.8, 4) is 5.75 Å². The standard InChI is InChI=1S/C20H22Cl2N2O3/c1-12(2)14-5-4-13(3)18(8-14)27-11-20(26)23-10-19(25)24-17-9-15(21)6-7-16(17)22/h4-9,12H,10-11H2,1-3H3,(H,23,26)(H,24,25). The fourth-order valence-corrected chi connectivity index (χ4v) is 2.63. The number of aryl methyl sites for hydroxylation is 1. The van der Waals surface area contributed by atoms with E-state index >= 15 is 0 Å². The summed E-state index contributed by atoms with van der Waals surface area (Å²) in [6.45, 7) is 5.72. The van der Waals surface area contributed by atoms with E-state index in [0.29, 0.717) is 27.4 Å². The zero-order chi connectivity index (χ0) is 20.0. The van der Waals surface area contributed by atoms with Crippen molar-refractivity contribution < 1.29 is 14.3 Å². The van der Waals surface area contributed by atoms with Gasteiger partial charge in [0.15, 0.2) is 6.61 Å². The first-order valence-electron chi connectivity index (χ1n) is 8.51. The van der Waals surface area contributed by atoms with Crippen molar-refractivity contribution >= 4 is 40.7 Å². The second-order valence-electron chi connectivity index (χ2n) is 6.42. The first kappa shape index (κ1) is 21.1. The number of hydrogen-bond donors (Lipinski definition) is 2. The summed E-state index contributed by atoms with van der Waals surface area (Å²) in [5.41, 5.74) is 2.47. The van der Waals surface area contributed by atoms with E-state index in [1.807, 2.05) is 25.1 Å². The van der Waals surface area contributed by atoms with Gasteiger partial charge in [-0.15, -0.1) is 0 Å². The van der Waals surface area contributed by atoms with Gasteiger partial charge < -0.3 is 15.4 Å². The highest BCUT2D eigenvalue weighted by molar-refractivity contribution is 6.35. The number of nitrogens with one attached hydrogen (secondary N) is 2. The molecule has 0 aliphatic carbocycles. The van der Waals surface area contributed by atoms with Crippen LogP contribution in [0.15, 0.2) is 36.4 Å². The van der Waals surface area contributed by atoms with E-state index in [1.165, 1.54) is 6.07 Å². The van der Waals surface area contributed by atoms with E-state index in [9.17, 15) is 9.59 Å². The van der Waals surface area contributed by atoms with Crippen LogP contribution < -0.4 is 15.4 Å². The number of ether oxygens (including phenoxy) is 1. The highest BCUT2D eigenvalue weighted by Crippen LogP contribution is 2.25. The number of anilines is 1. The lowest BCUT2D eigenvalue weighted by Gasteiger charge is -2.13. The third kappa shape index (κ3) is 6.45. The first-order valence-corrected chi connectivity index (χ1v) is 9.27. The molecule has 144 valence electrons. The molecule has 0 fully saturated rings. The molecule has 0 aliphatic heterocycles. The number of halogens is 2. The Kier molecular flexibility index (Phi) is 7.51. The van der Waals surface area contributed by atoms with Gasteiger partial charge in [-0.3, -0.25) is 9.59 Å². The van der Waals surface area contributed by atoms with Crippen molar-refractivity contribution in [1.82, 2.24) is 5.32 Å². The summed E-state index contributed by atoms with van der Waals surface area (Å²) < 4.78 is 5.59. The Morgan fingerprint density at radius 2 is 1.81 bits per heavy atom. The van der Waals surface area contributed by atoms with Crippen LogP contribution in [-0.4, -0.2) is 25.0 Å². The maximum absolute atomic E-state index is 12.0. The summed E-state index contributed by atoms with van der Waals surface area (Å²) >= 11 is 11.9. The maximum atomic E-state index is 12.0. The lowest BCUT2D eigenvalue weighted by molar-refractivity contribution is -0.125. The van der Waals surface area contributed by atoms with Gasteiger partial charge in [0, 0.05) is 5.02 Å². The zero-order valence-electron chi connectivity index (χ0n) is 15.4. The predicted molar refractivity (Wildman–Crippen MR) is 109 cm³/mol. The molecule has 0 atom stereocenters. The minimum atomic E-state index is -0.412. The van der Waals surface area contributed by atoms with Crippen LogP contribution in [0.3, 0.4) is 0 Å². The number of benzene rings is 2. The Balaban J connectivity index is 1.83. The highest BCUT2D eigenvalue weighted by atomic mass is 35.5. The SMILES string of the molecule is Cc1ccc(C(C)C)cc1OCC(=O)NCC(=O)Nc1cc(Cl)ccc1Cl. The number of hydrogen-bond acceptors (Lipinski definition) is 3. The zero-order valence-corrected chi connectivity index (χ0v) is 16.9. The molecular formula is C20H22Cl2N2O3. The predicted octanol–water partition coefficient (Wildman–Crippen LogP) is 4.56. The lowest BCUT2D eigenvalue weighted by Crippen LogP contribution is -2.35. The summed E-state index contributed by atoms with van der Waals surface area (Å²) in [4.78, 5) is 23.9. The van der Waals surface area contributed by atoms with Crippen molar-refractivity contribution in [2.45, 2.75) is 26.7 Å². The Bertz CT molecular complexity index is 838. The number of amides is 2. The van der Waals surface area contributed by atoms with Crippen molar-refractivity contribution in [1.29, 1.82) is 0 Å². The molecule has 2 aromatic rings. The average Bonchev–Trinajstić information content (AvgIpc) is 2.62. The van der Waals surface area contributed by atoms with Crippen LogP contribution in [-0.2, 0) is 9.59 Å². The van der Waals surface area contributed by atoms with Crippen LogP contribution in [0.4, 0.5) is 5.69 Å². The molecule has 5 nitrogen and oxygen atoms in total. The monoisotopic (exact) mass is 408 g/mol. The molecule has 0 radical (unpaired) electrons.